The van der Waals surface area contributed by atoms with Gasteiger partial charge in [-0.3, -0.25) is 5.10 Å². The van der Waals surface area contributed by atoms with Gasteiger partial charge in [-0.1, -0.05) is 43.5 Å². The Morgan fingerprint density at radius 2 is 2.21 bits per heavy atom. The van der Waals surface area contributed by atoms with Crippen LogP contribution in [-0.4, -0.2) is 19.6 Å². The van der Waals surface area contributed by atoms with Crippen LogP contribution < -0.4 is 0 Å². The van der Waals surface area contributed by atoms with E-state index < -0.39 is 0 Å². The van der Waals surface area contributed by atoms with Crippen molar-refractivity contribution in [2.75, 3.05) is 0 Å². The third kappa shape index (κ3) is 3.04. The van der Waals surface area contributed by atoms with Crippen molar-refractivity contribution in [2.45, 2.75) is 43.0 Å². The molecule has 1 saturated carbocycles. The second kappa shape index (κ2) is 6.70. The van der Waals surface area contributed by atoms with Crippen LogP contribution in [0.1, 0.15) is 42.6 Å². The van der Waals surface area contributed by atoms with Gasteiger partial charge in [-0.2, -0.15) is 5.26 Å². The van der Waals surface area contributed by atoms with Gasteiger partial charge in [0, 0.05) is 24.6 Å². The Kier molecular flexibility index (Phi) is 4.26. The average Bonchev–Trinajstić information content (AvgIpc) is 3.32. The fourth-order valence-electron chi connectivity index (χ4n) is 3.48. The topological polar surface area (TPSA) is 69.8 Å². The molecule has 0 amide bonds. The Hall–Kier alpha value is -2.26. The summed E-state index contributed by atoms with van der Waals surface area (Å²) in [5.41, 5.74) is 2.72. The van der Waals surface area contributed by atoms with Gasteiger partial charge in [-0.05, 0) is 23.6 Å². The number of H-pyrrole nitrogens is 1. The van der Waals surface area contributed by atoms with E-state index in [2.05, 4.69) is 21.3 Å². The monoisotopic (exact) mass is 337 g/mol. The van der Waals surface area contributed by atoms with Crippen molar-refractivity contribution in [2.24, 2.45) is 5.92 Å². The van der Waals surface area contributed by atoms with E-state index in [1.54, 1.807) is 11.8 Å². The third-order valence-corrected chi connectivity index (χ3v) is 5.59. The molecule has 0 saturated heterocycles. The van der Waals surface area contributed by atoms with Crippen LogP contribution in [0.15, 0.2) is 35.7 Å². The summed E-state index contributed by atoms with van der Waals surface area (Å²) in [5.74, 6) is 2.45. The lowest BCUT2D eigenvalue weighted by atomic mass is 10.0. The van der Waals surface area contributed by atoms with Crippen molar-refractivity contribution >= 4 is 17.3 Å². The van der Waals surface area contributed by atoms with Crippen molar-refractivity contribution < 1.29 is 0 Å². The van der Waals surface area contributed by atoms with Gasteiger partial charge >= 0.3 is 0 Å². The fraction of sp³-hybridized carbons (Fsp3) is 0.389. The number of aromatic amines is 1. The number of fused-ring (bicyclic) bond motifs is 1. The van der Waals surface area contributed by atoms with Crippen LogP contribution in [0, 0.1) is 17.2 Å². The molecular formula is C18H19N5S. The number of hydrogen-bond donors (Lipinski definition) is 1. The molecular weight excluding hydrogens is 318 g/mol. The quantitative estimate of drug-likeness (QED) is 0.716. The number of thioether (sulfide) groups is 1. The second-order valence-electron chi connectivity index (χ2n) is 6.34. The molecule has 0 aliphatic heterocycles. The first kappa shape index (κ1) is 15.3. The Balaban J connectivity index is 1.45. The number of hydrogen-bond acceptors (Lipinski definition) is 4. The van der Waals surface area contributed by atoms with Gasteiger partial charge in [0.2, 0.25) is 5.16 Å². The lowest BCUT2D eigenvalue weighted by molar-refractivity contribution is 0.531. The van der Waals surface area contributed by atoms with E-state index in [9.17, 15) is 5.26 Å². The normalized spacial score (nSPS) is 15.1. The number of rotatable bonds is 5. The van der Waals surface area contributed by atoms with Crippen molar-refractivity contribution in [1.29, 1.82) is 5.26 Å². The first-order valence-electron chi connectivity index (χ1n) is 8.36. The van der Waals surface area contributed by atoms with Gasteiger partial charge in [0.1, 0.15) is 11.9 Å². The summed E-state index contributed by atoms with van der Waals surface area (Å²) in [5, 5.41) is 17.6. The minimum Gasteiger partial charge on any atom is -0.322 e. The predicted molar refractivity (Wildman–Crippen MR) is 93.7 cm³/mol. The Morgan fingerprint density at radius 1 is 1.33 bits per heavy atom. The largest absolute Gasteiger partial charge is 0.322 e. The molecule has 5 nitrogen and oxygen atoms in total. The van der Waals surface area contributed by atoms with Gasteiger partial charge in [0.15, 0.2) is 0 Å². The summed E-state index contributed by atoms with van der Waals surface area (Å²) in [6, 6.07) is 8.22. The summed E-state index contributed by atoms with van der Waals surface area (Å²) in [4.78, 5) is 4.60. The standard InChI is InChI=1S/C18H19N5S/c19-10-15-14(11-23-8-4-3-7-16(15)23)12-24-18-20-17(21-22-18)9-13-5-1-2-6-13/h3-4,7-8,11,13H,1-2,5-6,9,12H2,(H,20,21,22). The van der Waals surface area contributed by atoms with E-state index in [1.807, 2.05) is 35.0 Å². The lowest BCUT2D eigenvalue weighted by Gasteiger charge is -2.04. The molecule has 0 atom stereocenters. The van der Waals surface area contributed by atoms with E-state index >= 15 is 0 Å². The molecule has 24 heavy (non-hydrogen) atoms. The van der Waals surface area contributed by atoms with Gasteiger partial charge in [-0.25, -0.2) is 4.98 Å². The molecule has 4 rings (SSSR count). The Morgan fingerprint density at radius 3 is 3.04 bits per heavy atom. The molecule has 1 fully saturated rings. The summed E-state index contributed by atoms with van der Waals surface area (Å²) < 4.78 is 2.00. The molecule has 122 valence electrons. The second-order valence-corrected chi connectivity index (χ2v) is 7.28. The third-order valence-electron chi connectivity index (χ3n) is 4.70. The highest BCUT2D eigenvalue weighted by molar-refractivity contribution is 7.98. The molecule has 0 radical (unpaired) electrons. The summed E-state index contributed by atoms with van der Waals surface area (Å²) in [7, 11) is 0. The first-order chi connectivity index (χ1) is 11.8. The number of nitriles is 1. The Labute approximate surface area is 145 Å². The first-order valence-corrected chi connectivity index (χ1v) is 9.35. The van der Waals surface area contributed by atoms with E-state index in [0.29, 0.717) is 5.75 Å². The molecule has 0 aromatic carbocycles. The van der Waals surface area contributed by atoms with Crippen LogP contribution in [0.4, 0.5) is 0 Å². The summed E-state index contributed by atoms with van der Waals surface area (Å²) in [6.07, 6.45) is 10.3. The fourth-order valence-corrected chi connectivity index (χ4v) is 4.27. The summed E-state index contributed by atoms with van der Waals surface area (Å²) >= 11 is 1.58. The number of aromatic nitrogens is 4. The molecule has 3 aromatic rings. The zero-order chi connectivity index (χ0) is 16.4. The van der Waals surface area contributed by atoms with E-state index in [1.165, 1.54) is 25.7 Å². The number of nitrogens with one attached hydrogen (secondary N) is 1. The molecule has 3 heterocycles. The number of pyridine rings is 1. The van der Waals surface area contributed by atoms with Crippen LogP contribution in [0.25, 0.3) is 5.52 Å². The van der Waals surface area contributed by atoms with Gasteiger partial charge in [0.05, 0.1) is 11.1 Å². The van der Waals surface area contributed by atoms with Gasteiger partial charge in [0.25, 0.3) is 0 Å². The molecule has 6 heteroatoms. The van der Waals surface area contributed by atoms with Gasteiger partial charge < -0.3 is 4.40 Å². The maximum atomic E-state index is 9.46. The highest BCUT2D eigenvalue weighted by atomic mass is 32.2. The van der Waals surface area contributed by atoms with Gasteiger partial charge in [-0.15, -0.1) is 5.10 Å². The van der Waals surface area contributed by atoms with Crippen molar-refractivity contribution in [3.8, 4) is 6.07 Å². The van der Waals surface area contributed by atoms with Crippen LogP contribution in [0.2, 0.25) is 0 Å². The highest BCUT2D eigenvalue weighted by Gasteiger charge is 2.18. The highest BCUT2D eigenvalue weighted by Crippen LogP contribution is 2.28. The molecule has 3 aromatic heterocycles. The van der Waals surface area contributed by atoms with Crippen molar-refractivity contribution in [3.63, 3.8) is 0 Å². The zero-order valence-corrected chi connectivity index (χ0v) is 14.2. The van der Waals surface area contributed by atoms with Crippen molar-refractivity contribution in [1.82, 2.24) is 19.6 Å². The predicted octanol–water partition coefficient (Wildman–Crippen LogP) is 3.95. The van der Waals surface area contributed by atoms with Crippen LogP contribution >= 0.6 is 11.8 Å². The molecule has 1 aliphatic carbocycles. The van der Waals surface area contributed by atoms with Crippen LogP contribution in [-0.2, 0) is 12.2 Å². The van der Waals surface area contributed by atoms with E-state index in [4.69, 9.17) is 0 Å². The Bertz CT molecular complexity index is 882. The smallest absolute Gasteiger partial charge is 0.208 e. The maximum absolute atomic E-state index is 9.46. The lowest BCUT2D eigenvalue weighted by Crippen LogP contribution is -2.00. The van der Waals surface area contributed by atoms with E-state index in [0.717, 1.165) is 40.0 Å². The molecule has 0 spiro atoms. The number of nitrogens with zero attached hydrogens (tertiary/aromatic N) is 4. The van der Waals surface area contributed by atoms with E-state index in [-0.39, 0.29) is 0 Å². The molecule has 0 bridgehead atoms. The minimum atomic E-state index is 0.700. The van der Waals surface area contributed by atoms with Crippen LogP contribution in [0.3, 0.4) is 0 Å². The molecule has 1 N–H and O–H groups in total. The average molecular weight is 337 g/mol. The van der Waals surface area contributed by atoms with Crippen LogP contribution in [0.5, 0.6) is 0 Å². The van der Waals surface area contributed by atoms with Crippen molar-refractivity contribution in [3.05, 3.63) is 47.5 Å². The zero-order valence-electron chi connectivity index (χ0n) is 13.4. The molecule has 0 unspecified atom stereocenters. The maximum Gasteiger partial charge on any atom is 0.208 e. The minimum absolute atomic E-state index is 0.700. The molecule has 1 aliphatic rings. The summed E-state index contributed by atoms with van der Waals surface area (Å²) in [6.45, 7) is 0. The SMILES string of the molecule is N#Cc1c(CSc2n[nH]c(CC3CCCC3)n2)cn2ccccc12.